The minimum absolute atomic E-state index is 0.271. The Kier molecular flexibility index (Phi) is 6.67. The molecule has 0 amide bonds. The molecule has 1 rings (SSSR count). The molecule has 1 fully saturated rings. The van der Waals surface area contributed by atoms with Gasteiger partial charge in [0, 0.05) is 6.04 Å². The summed E-state index contributed by atoms with van der Waals surface area (Å²) in [6, 6.07) is 3.14. The van der Waals surface area contributed by atoms with Gasteiger partial charge in [-0.05, 0) is 58.7 Å². The van der Waals surface area contributed by atoms with E-state index in [1.165, 1.54) is 32.2 Å². The summed E-state index contributed by atoms with van der Waals surface area (Å²) in [6.07, 6.45) is 8.03. The molecule has 0 saturated heterocycles. The van der Waals surface area contributed by atoms with Crippen molar-refractivity contribution >= 4 is 0 Å². The summed E-state index contributed by atoms with van der Waals surface area (Å²) >= 11 is 0. The third-order valence-electron chi connectivity index (χ3n) is 3.91. The lowest BCUT2D eigenvalue weighted by molar-refractivity contribution is 0.289. The number of hydrogen-bond donors (Lipinski definition) is 1. The zero-order valence-corrected chi connectivity index (χ0v) is 12.3. The first-order valence-corrected chi connectivity index (χ1v) is 7.53. The number of nitriles is 1. The van der Waals surface area contributed by atoms with Gasteiger partial charge in [0.05, 0.1) is 6.07 Å². The van der Waals surface area contributed by atoms with Crippen LogP contribution in [0.3, 0.4) is 0 Å². The van der Waals surface area contributed by atoms with E-state index >= 15 is 0 Å². The summed E-state index contributed by atoms with van der Waals surface area (Å²) in [6.45, 7) is 6.64. The Hall–Kier alpha value is -0.590. The molecule has 0 aromatic rings. The van der Waals surface area contributed by atoms with Crippen molar-refractivity contribution in [1.29, 1.82) is 5.26 Å². The van der Waals surface area contributed by atoms with Crippen LogP contribution in [0.25, 0.3) is 0 Å². The fourth-order valence-corrected chi connectivity index (χ4v) is 2.33. The second-order valence-corrected chi connectivity index (χ2v) is 5.73. The van der Waals surface area contributed by atoms with Gasteiger partial charge in [-0.3, -0.25) is 5.32 Å². The molecule has 104 valence electrons. The van der Waals surface area contributed by atoms with Crippen molar-refractivity contribution in [1.82, 2.24) is 10.2 Å². The van der Waals surface area contributed by atoms with Crippen LogP contribution in [0, 0.1) is 11.3 Å². The van der Waals surface area contributed by atoms with E-state index in [0.29, 0.717) is 6.04 Å². The van der Waals surface area contributed by atoms with Gasteiger partial charge in [-0.2, -0.15) is 5.26 Å². The van der Waals surface area contributed by atoms with Gasteiger partial charge in [-0.1, -0.05) is 20.3 Å². The minimum Gasteiger partial charge on any atom is -0.306 e. The first-order valence-electron chi connectivity index (χ1n) is 7.53. The molecular formula is C15H29N3. The van der Waals surface area contributed by atoms with Crippen LogP contribution in [-0.2, 0) is 0 Å². The predicted octanol–water partition coefficient (Wildman–Crippen LogP) is 2.92. The molecule has 0 radical (unpaired) electrons. The quantitative estimate of drug-likeness (QED) is 0.649. The Balaban J connectivity index is 2.26. The number of nitrogens with zero attached hydrogens (tertiary/aromatic N) is 2. The molecule has 0 bridgehead atoms. The highest BCUT2D eigenvalue weighted by Crippen LogP contribution is 2.26. The van der Waals surface area contributed by atoms with E-state index in [-0.39, 0.29) is 5.54 Å². The van der Waals surface area contributed by atoms with Gasteiger partial charge in [0.25, 0.3) is 0 Å². The number of hydrogen-bond acceptors (Lipinski definition) is 3. The van der Waals surface area contributed by atoms with Crippen molar-refractivity contribution in [3.8, 4) is 6.07 Å². The molecule has 0 spiro atoms. The Morgan fingerprint density at radius 2 is 1.94 bits per heavy atom. The summed E-state index contributed by atoms with van der Waals surface area (Å²) in [7, 11) is 2.18. The van der Waals surface area contributed by atoms with Crippen LogP contribution in [0.15, 0.2) is 0 Å². The predicted molar refractivity (Wildman–Crippen MR) is 76.4 cm³/mol. The summed E-state index contributed by atoms with van der Waals surface area (Å²) in [5.74, 6) is 0. The van der Waals surface area contributed by atoms with E-state index in [1.807, 2.05) is 0 Å². The van der Waals surface area contributed by atoms with Gasteiger partial charge >= 0.3 is 0 Å². The van der Waals surface area contributed by atoms with Crippen LogP contribution in [0.4, 0.5) is 0 Å². The van der Waals surface area contributed by atoms with Crippen molar-refractivity contribution in [2.45, 2.75) is 70.4 Å². The standard InChI is InChI=1S/C15H29N3/c1-4-6-11-18(3)12-7-10-15(5-2,13-16)17-14-8-9-14/h14,17H,4-12H2,1-3H3. The highest BCUT2D eigenvalue weighted by molar-refractivity contribution is 5.09. The monoisotopic (exact) mass is 251 g/mol. The molecule has 0 aliphatic heterocycles. The maximum atomic E-state index is 9.43. The summed E-state index contributed by atoms with van der Waals surface area (Å²) in [5, 5.41) is 13.0. The van der Waals surface area contributed by atoms with Gasteiger partial charge in [-0.15, -0.1) is 0 Å². The van der Waals surface area contributed by atoms with E-state index in [2.05, 4.69) is 37.2 Å². The molecule has 1 aliphatic carbocycles. The third kappa shape index (κ3) is 5.37. The fourth-order valence-electron chi connectivity index (χ4n) is 2.33. The molecule has 3 heteroatoms. The SMILES string of the molecule is CCCCN(C)CCCC(C#N)(CC)NC1CC1. The molecule has 18 heavy (non-hydrogen) atoms. The molecular weight excluding hydrogens is 222 g/mol. The molecule has 3 nitrogen and oxygen atoms in total. The average molecular weight is 251 g/mol. The highest BCUT2D eigenvalue weighted by Gasteiger charge is 2.34. The lowest BCUT2D eigenvalue weighted by Gasteiger charge is -2.27. The first kappa shape index (κ1) is 15.5. The molecule has 1 aliphatic rings. The van der Waals surface area contributed by atoms with Gasteiger partial charge in [0.15, 0.2) is 0 Å². The zero-order valence-electron chi connectivity index (χ0n) is 12.3. The summed E-state index contributed by atoms with van der Waals surface area (Å²) in [5.41, 5.74) is -0.271. The van der Waals surface area contributed by atoms with E-state index < -0.39 is 0 Å². The summed E-state index contributed by atoms with van der Waals surface area (Å²) in [4.78, 5) is 2.39. The van der Waals surface area contributed by atoms with Crippen molar-refractivity contribution in [3.63, 3.8) is 0 Å². The van der Waals surface area contributed by atoms with Gasteiger partial charge in [0.2, 0.25) is 0 Å². The Labute approximate surface area is 113 Å². The van der Waals surface area contributed by atoms with Crippen LogP contribution in [0.5, 0.6) is 0 Å². The van der Waals surface area contributed by atoms with Crippen molar-refractivity contribution < 1.29 is 0 Å². The first-order chi connectivity index (χ1) is 8.65. The number of unbranched alkanes of at least 4 members (excludes halogenated alkanes) is 1. The fraction of sp³-hybridized carbons (Fsp3) is 0.933. The number of rotatable bonds is 10. The highest BCUT2D eigenvalue weighted by atomic mass is 15.1. The molecule has 0 aromatic carbocycles. The second kappa shape index (κ2) is 7.76. The van der Waals surface area contributed by atoms with Crippen molar-refractivity contribution in [3.05, 3.63) is 0 Å². The van der Waals surface area contributed by atoms with Gasteiger partial charge in [0.1, 0.15) is 5.54 Å². The molecule has 1 unspecified atom stereocenters. The second-order valence-electron chi connectivity index (χ2n) is 5.73. The van der Waals surface area contributed by atoms with E-state index in [9.17, 15) is 5.26 Å². The van der Waals surface area contributed by atoms with E-state index in [0.717, 1.165) is 25.8 Å². The van der Waals surface area contributed by atoms with E-state index in [1.54, 1.807) is 0 Å². The van der Waals surface area contributed by atoms with Crippen LogP contribution in [0.2, 0.25) is 0 Å². The normalized spacial score (nSPS) is 18.6. The third-order valence-corrected chi connectivity index (χ3v) is 3.91. The Morgan fingerprint density at radius 1 is 1.28 bits per heavy atom. The Bertz CT molecular complexity index is 267. The van der Waals surface area contributed by atoms with Gasteiger partial charge < -0.3 is 4.90 Å². The largest absolute Gasteiger partial charge is 0.306 e. The van der Waals surface area contributed by atoms with Crippen LogP contribution >= 0.6 is 0 Å². The van der Waals surface area contributed by atoms with Crippen molar-refractivity contribution in [2.75, 3.05) is 20.1 Å². The van der Waals surface area contributed by atoms with Crippen molar-refractivity contribution in [2.24, 2.45) is 0 Å². The average Bonchev–Trinajstić information content (AvgIpc) is 3.19. The maximum absolute atomic E-state index is 9.43. The molecule has 1 atom stereocenters. The van der Waals surface area contributed by atoms with Crippen LogP contribution < -0.4 is 5.32 Å². The van der Waals surface area contributed by atoms with Crippen LogP contribution in [-0.4, -0.2) is 36.6 Å². The van der Waals surface area contributed by atoms with Gasteiger partial charge in [-0.25, -0.2) is 0 Å². The lowest BCUT2D eigenvalue weighted by atomic mass is 9.91. The van der Waals surface area contributed by atoms with E-state index in [4.69, 9.17) is 0 Å². The smallest absolute Gasteiger partial charge is 0.106 e. The lowest BCUT2D eigenvalue weighted by Crippen LogP contribution is -2.45. The summed E-state index contributed by atoms with van der Waals surface area (Å²) < 4.78 is 0. The molecule has 1 N–H and O–H groups in total. The zero-order chi connectivity index (χ0) is 13.4. The molecule has 0 heterocycles. The number of nitrogens with one attached hydrogen (secondary N) is 1. The van der Waals surface area contributed by atoms with Crippen LogP contribution in [0.1, 0.15) is 58.8 Å². The minimum atomic E-state index is -0.271. The topological polar surface area (TPSA) is 39.1 Å². The molecule has 1 saturated carbocycles. The Morgan fingerprint density at radius 3 is 2.44 bits per heavy atom. The molecule has 0 aromatic heterocycles. The maximum Gasteiger partial charge on any atom is 0.106 e.